The van der Waals surface area contributed by atoms with Crippen LogP contribution in [-0.2, 0) is 14.8 Å². The van der Waals surface area contributed by atoms with E-state index < -0.39 is 26.6 Å². The van der Waals surface area contributed by atoms with Crippen molar-refractivity contribution < 1.29 is 22.0 Å². The highest BCUT2D eigenvalue weighted by molar-refractivity contribution is 7.89. The van der Waals surface area contributed by atoms with Gasteiger partial charge in [-0.25, -0.2) is 17.2 Å². The number of piperazine rings is 1. The van der Waals surface area contributed by atoms with Crippen LogP contribution in [0, 0.1) is 17.6 Å². The summed E-state index contributed by atoms with van der Waals surface area (Å²) in [6.07, 6.45) is 0. The van der Waals surface area contributed by atoms with Gasteiger partial charge in [-0.05, 0) is 25.0 Å². The first-order valence-corrected chi connectivity index (χ1v) is 10.0. The maximum Gasteiger partial charge on any atom is 0.246 e. The fourth-order valence-electron chi connectivity index (χ4n) is 2.62. The quantitative estimate of drug-likeness (QED) is 0.799. The minimum atomic E-state index is -4.03. The van der Waals surface area contributed by atoms with Crippen LogP contribution in [0.3, 0.4) is 0 Å². The van der Waals surface area contributed by atoms with Crippen molar-refractivity contribution in [2.24, 2.45) is 5.92 Å². The Bertz CT molecular complexity index is 748. The zero-order valence-electron chi connectivity index (χ0n) is 15.2. The molecule has 0 aromatic heterocycles. The van der Waals surface area contributed by atoms with Crippen LogP contribution in [0.25, 0.3) is 0 Å². The molecule has 1 atom stereocenters. The first-order valence-electron chi connectivity index (χ1n) is 8.58. The highest BCUT2D eigenvalue weighted by Gasteiger charge is 2.31. The molecule has 0 saturated carbocycles. The number of carbonyl (C=O) groups is 1. The average Bonchev–Trinajstić information content (AvgIpc) is 2.54. The third kappa shape index (κ3) is 4.99. The number of hydrogen-bond acceptors (Lipinski definition) is 4. The molecule has 0 unspecified atom stereocenters. The molecular weight excluding hydrogens is 364 g/mol. The number of sulfonamides is 1. The van der Waals surface area contributed by atoms with E-state index in [0.717, 1.165) is 16.4 Å². The zero-order valence-corrected chi connectivity index (χ0v) is 16.0. The van der Waals surface area contributed by atoms with E-state index in [2.05, 4.69) is 5.32 Å². The standard InChI is InChI=1S/C17H25F2N3O3S/c1-12(2)13(3)20-17(23)11-21-6-8-22(9-7-21)26(24,25)16-5-4-14(18)10-15(16)19/h4-5,10,12-13H,6-9,11H2,1-3H3,(H,20,23)/t13-/m0/s1. The number of rotatable bonds is 6. The van der Waals surface area contributed by atoms with Crippen LogP contribution in [0.1, 0.15) is 20.8 Å². The third-order valence-electron chi connectivity index (χ3n) is 4.60. The molecule has 1 aromatic carbocycles. The van der Waals surface area contributed by atoms with Crippen molar-refractivity contribution in [3.05, 3.63) is 29.8 Å². The lowest BCUT2D eigenvalue weighted by molar-refractivity contribution is -0.123. The van der Waals surface area contributed by atoms with Crippen LogP contribution in [-0.4, -0.2) is 62.3 Å². The number of amides is 1. The summed E-state index contributed by atoms with van der Waals surface area (Å²) in [6, 6.07) is 2.48. The van der Waals surface area contributed by atoms with Crippen LogP contribution >= 0.6 is 0 Å². The predicted molar refractivity (Wildman–Crippen MR) is 94.0 cm³/mol. The van der Waals surface area contributed by atoms with E-state index in [9.17, 15) is 22.0 Å². The summed E-state index contributed by atoms with van der Waals surface area (Å²) in [4.78, 5) is 13.4. The van der Waals surface area contributed by atoms with Gasteiger partial charge in [-0.2, -0.15) is 4.31 Å². The van der Waals surface area contributed by atoms with Gasteiger partial charge in [0.05, 0.1) is 6.54 Å². The molecule has 0 aliphatic carbocycles. The largest absolute Gasteiger partial charge is 0.352 e. The van der Waals surface area contributed by atoms with Gasteiger partial charge in [0.25, 0.3) is 0 Å². The molecule has 1 amide bonds. The maximum atomic E-state index is 13.8. The second-order valence-electron chi connectivity index (χ2n) is 6.86. The number of halogens is 2. The van der Waals surface area contributed by atoms with Crippen molar-refractivity contribution in [1.82, 2.24) is 14.5 Å². The lowest BCUT2D eigenvalue weighted by atomic mass is 10.1. The number of nitrogens with one attached hydrogen (secondary N) is 1. The average molecular weight is 389 g/mol. The fourth-order valence-corrected chi connectivity index (χ4v) is 4.09. The molecule has 146 valence electrons. The second kappa shape index (κ2) is 8.41. The number of nitrogens with zero attached hydrogens (tertiary/aromatic N) is 2. The highest BCUT2D eigenvalue weighted by Crippen LogP contribution is 2.21. The van der Waals surface area contributed by atoms with Crippen molar-refractivity contribution in [3.8, 4) is 0 Å². The van der Waals surface area contributed by atoms with Crippen molar-refractivity contribution in [2.45, 2.75) is 31.7 Å². The first kappa shape index (κ1) is 20.7. The van der Waals surface area contributed by atoms with Crippen molar-refractivity contribution in [2.75, 3.05) is 32.7 Å². The van der Waals surface area contributed by atoms with Crippen LogP contribution in [0.5, 0.6) is 0 Å². The third-order valence-corrected chi connectivity index (χ3v) is 6.53. The van der Waals surface area contributed by atoms with Crippen LogP contribution < -0.4 is 5.32 Å². The summed E-state index contributed by atoms with van der Waals surface area (Å²) in [5, 5.41) is 2.91. The van der Waals surface area contributed by atoms with Crippen LogP contribution in [0.15, 0.2) is 23.1 Å². The Balaban J connectivity index is 1.94. The Morgan fingerprint density at radius 1 is 1.15 bits per heavy atom. The van der Waals surface area contributed by atoms with Gasteiger partial charge >= 0.3 is 0 Å². The van der Waals surface area contributed by atoms with Crippen LogP contribution in [0.2, 0.25) is 0 Å². The van der Waals surface area contributed by atoms with Gasteiger partial charge in [0, 0.05) is 38.3 Å². The molecule has 1 aliphatic heterocycles. The minimum absolute atomic E-state index is 0.0608. The summed E-state index contributed by atoms with van der Waals surface area (Å²) in [6.45, 7) is 7.18. The summed E-state index contributed by atoms with van der Waals surface area (Å²) < 4.78 is 53.1. The summed E-state index contributed by atoms with van der Waals surface area (Å²) >= 11 is 0. The molecule has 6 nitrogen and oxygen atoms in total. The molecule has 9 heteroatoms. The zero-order chi connectivity index (χ0) is 19.5. The van der Waals surface area contributed by atoms with Gasteiger partial charge < -0.3 is 5.32 Å². The molecule has 26 heavy (non-hydrogen) atoms. The summed E-state index contributed by atoms with van der Waals surface area (Å²) in [5.41, 5.74) is 0. The Morgan fingerprint density at radius 2 is 1.77 bits per heavy atom. The molecule has 1 aromatic rings. The van der Waals surface area contributed by atoms with E-state index in [-0.39, 0.29) is 31.6 Å². The number of benzene rings is 1. The lowest BCUT2D eigenvalue weighted by Gasteiger charge is -2.33. The van der Waals surface area contributed by atoms with E-state index in [1.54, 1.807) is 0 Å². The summed E-state index contributed by atoms with van der Waals surface area (Å²) in [5.74, 6) is -1.71. The summed E-state index contributed by atoms with van der Waals surface area (Å²) in [7, 11) is -4.03. The molecular formula is C17H25F2N3O3S. The molecule has 0 radical (unpaired) electrons. The van der Waals surface area contributed by atoms with Gasteiger partial charge in [-0.1, -0.05) is 13.8 Å². The SMILES string of the molecule is CC(C)[C@H](C)NC(=O)CN1CCN(S(=O)(=O)c2ccc(F)cc2F)CC1. The normalized spacial score (nSPS) is 18.1. The van der Waals surface area contributed by atoms with Crippen LogP contribution in [0.4, 0.5) is 8.78 Å². The number of hydrogen-bond donors (Lipinski definition) is 1. The molecule has 1 aliphatic rings. The van der Waals surface area contributed by atoms with Gasteiger partial charge in [-0.15, -0.1) is 0 Å². The minimum Gasteiger partial charge on any atom is -0.352 e. The molecule has 0 spiro atoms. The fraction of sp³-hybridized carbons (Fsp3) is 0.588. The molecule has 1 N–H and O–H groups in total. The van der Waals surface area contributed by atoms with E-state index in [1.807, 2.05) is 25.7 Å². The Kier molecular flexibility index (Phi) is 6.70. The van der Waals surface area contributed by atoms with E-state index in [0.29, 0.717) is 25.1 Å². The van der Waals surface area contributed by atoms with Gasteiger partial charge in [0.2, 0.25) is 15.9 Å². The Hall–Kier alpha value is -1.58. The molecule has 0 bridgehead atoms. The number of carbonyl (C=O) groups excluding carboxylic acids is 1. The molecule has 2 rings (SSSR count). The van der Waals surface area contributed by atoms with Crippen molar-refractivity contribution in [1.29, 1.82) is 0 Å². The molecule has 1 fully saturated rings. The van der Waals surface area contributed by atoms with Gasteiger partial charge in [-0.3, -0.25) is 9.69 Å². The molecule has 1 saturated heterocycles. The topological polar surface area (TPSA) is 69.7 Å². The van der Waals surface area contributed by atoms with Gasteiger partial charge in [0.15, 0.2) is 0 Å². The van der Waals surface area contributed by atoms with E-state index >= 15 is 0 Å². The van der Waals surface area contributed by atoms with Crippen molar-refractivity contribution >= 4 is 15.9 Å². The highest BCUT2D eigenvalue weighted by atomic mass is 32.2. The van der Waals surface area contributed by atoms with Gasteiger partial charge in [0.1, 0.15) is 16.5 Å². The smallest absolute Gasteiger partial charge is 0.246 e. The predicted octanol–water partition coefficient (Wildman–Crippen LogP) is 1.43. The van der Waals surface area contributed by atoms with E-state index in [1.165, 1.54) is 0 Å². The monoisotopic (exact) mass is 389 g/mol. The Morgan fingerprint density at radius 3 is 2.31 bits per heavy atom. The Labute approximate surface area is 153 Å². The van der Waals surface area contributed by atoms with Crippen molar-refractivity contribution in [3.63, 3.8) is 0 Å². The van der Waals surface area contributed by atoms with E-state index in [4.69, 9.17) is 0 Å². The lowest BCUT2D eigenvalue weighted by Crippen LogP contribution is -2.52. The first-order chi connectivity index (χ1) is 12.1. The maximum absolute atomic E-state index is 13.8. The second-order valence-corrected chi connectivity index (χ2v) is 8.76. The molecule has 1 heterocycles.